The quantitative estimate of drug-likeness (QED) is 0.379. The van der Waals surface area contributed by atoms with E-state index in [1.54, 1.807) is 0 Å². The molecule has 27 heavy (non-hydrogen) atoms. The number of nitrogens with two attached hydrogens (primary N) is 1. The van der Waals surface area contributed by atoms with Crippen LogP contribution in [0.25, 0.3) is 0 Å². The third-order valence-electron chi connectivity index (χ3n) is 5.08. The van der Waals surface area contributed by atoms with Gasteiger partial charge in [0, 0.05) is 32.7 Å². The van der Waals surface area contributed by atoms with Crippen LogP contribution in [0.5, 0.6) is 5.75 Å². The molecule has 2 aliphatic rings. The van der Waals surface area contributed by atoms with Crippen LogP contribution in [0.15, 0.2) is 29.3 Å². The van der Waals surface area contributed by atoms with Gasteiger partial charge in [-0.1, -0.05) is 19.1 Å². The lowest BCUT2D eigenvalue weighted by atomic mass is 10.0. The predicted octanol–water partition coefficient (Wildman–Crippen LogP) is 2.56. The number of rotatable bonds is 6. The van der Waals surface area contributed by atoms with Crippen molar-refractivity contribution in [1.82, 2.24) is 9.80 Å². The Morgan fingerprint density at radius 1 is 1.30 bits per heavy atom. The van der Waals surface area contributed by atoms with E-state index in [4.69, 9.17) is 15.2 Å². The molecule has 0 aliphatic carbocycles. The van der Waals surface area contributed by atoms with Gasteiger partial charge in [-0.2, -0.15) is 0 Å². The first kappa shape index (κ1) is 22.2. The van der Waals surface area contributed by atoms with Crippen molar-refractivity contribution in [2.45, 2.75) is 26.3 Å². The predicted molar refractivity (Wildman–Crippen MR) is 120 cm³/mol. The number of morpholine rings is 1. The van der Waals surface area contributed by atoms with Crippen molar-refractivity contribution in [3.05, 3.63) is 29.8 Å². The summed E-state index contributed by atoms with van der Waals surface area (Å²) < 4.78 is 11.3. The van der Waals surface area contributed by atoms with Gasteiger partial charge in [0.05, 0.1) is 19.8 Å². The normalized spacial score (nSPS) is 21.6. The molecule has 0 aromatic heterocycles. The molecule has 1 aromatic rings. The number of ether oxygens (including phenoxy) is 2. The number of halogens is 1. The fraction of sp³-hybridized carbons (Fsp3) is 0.650. The van der Waals surface area contributed by atoms with Gasteiger partial charge in [0.2, 0.25) is 0 Å². The van der Waals surface area contributed by atoms with E-state index >= 15 is 0 Å². The van der Waals surface area contributed by atoms with Crippen molar-refractivity contribution >= 4 is 29.9 Å². The average Bonchev–Trinajstić information content (AvgIpc) is 2.67. The Bertz CT molecular complexity index is 593. The Morgan fingerprint density at radius 2 is 2.11 bits per heavy atom. The van der Waals surface area contributed by atoms with Gasteiger partial charge < -0.3 is 20.1 Å². The Kier molecular flexibility index (Phi) is 9.64. The SMILES string of the molecule is CC1CCCN(C(N)=NCc2cccc(OCCN3CCOCC3)c2)C1.I. The number of nitrogens with zero attached hydrogens (tertiary/aromatic N) is 3. The minimum absolute atomic E-state index is 0. The van der Waals surface area contributed by atoms with Crippen LogP contribution in [0.2, 0.25) is 0 Å². The lowest BCUT2D eigenvalue weighted by Crippen LogP contribution is -2.43. The number of hydrogen-bond donors (Lipinski definition) is 1. The minimum atomic E-state index is 0. The van der Waals surface area contributed by atoms with E-state index in [0.717, 1.165) is 57.3 Å². The van der Waals surface area contributed by atoms with Crippen LogP contribution in [0.4, 0.5) is 0 Å². The summed E-state index contributed by atoms with van der Waals surface area (Å²) in [5.74, 6) is 2.26. The highest BCUT2D eigenvalue weighted by molar-refractivity contribution is 14.0. The molecule has 0 saturated carbocycles. The highest BCUT2D eigenvalue weighted by atomic mass is 127. The Labute approximate surface area is 180 Å². The highest BCUT2D eigenvalue weighted by Gasteiger charge is 2.17. The molecule has 1 atom stereocenters. The molecule has 3 rings (SSSR count). The summed E-state index contributed by atoms with van der Waals surface area (Å²) in [5.41, 5.74) is 7.32. The van der Waals surface area contributed by atoms with Crippen molar-refractivity contribution in [2.75, 3.05) is 52.5 Å². The molecule has 2 N–H and O–H groups in total. The number of piperidine rings is 1. The molecular weight excluding hydrogens is 455 g/mol. The van der Waals surface area contributed by atoms with Crippen molar-refractivity contribution in [2.24, 2.45) is 16.6 Å². The monoisotopic (exact) mass is 488 g/mol. The first-order valence-electron chi connectivity index (χ1n) is 9.77. The van der Waals surface area contributed by atoms with E-state index in [-0.39, 0.29) is 24.0 Å². The first-order chi connectivity index (χ1) is 12.7. The molecule has 2 heterocycles. The average molecular weight is 488 g/mol. The molecule has 0 bridgehead atoms. The van der Waals surface area contributed by atoms with Crippen molar-refractivity contribution in [3.63, 3.8) is 0 Å². The zero-order valence-corrected chi connectivity index (χ0v) is 18.6. The van der Waals surface area contributed by atoms with Crippen LogP contribution in [0.3, 0.4) is 0 Å². The standard InChI is InChI=1S/C20H32N4O2.HI/c1-17-4-3-7-24(16-17)20(21)22-15-18-5-2-6-19(14-18)26-13-10-23-8-11-25-12-9-23;/h2,5-6,14,17H,3-4,7-13,15-16H2,1H3,(H2,21,22);1H. The van der Waals surface area contributed by atoms with Gasteiger partial charge in [-0.05, 0) is 36.5 Å². The smallest absolute Gasteiger partial charge is 0.191 e. The van der Waals surface area contributed by atoms with Crippen molar-refractivity contribution in [3.8, 4) is 5.75 Å². The zero-order valence-electron chi connectivity index (χ0n) is 16.3. The third-order valence-corrected chi connectivity index (χ3v) is 5.08. The van der Waals surface area contributed by atoms with Crippen LogP contribution in [-0.2, 0) is 11.3 Å². The van der Waals surface area contributed by atoms with Gasteiger partial charge >= 0.3 is 0 Å². The number of guanidine groups is 1. The summed E-state index contributed by atoms with van der Waals surface area (Å²) in [7, 11) is 0. The fourth-order valence-corrected chi connectivity index (χ4v) is 3.52. The van der Waals surface area contributed by atoms with Crippen LogP contribution < -0.4 is 10.5 Å². The number of aliphatic imine (C=N–C) groups is 1. The summed E-state index contributed by atoms with van der Waals surface area (Å²) in [5, 5.41) is 0. The Hall–Kier alpha value is -1.06. The topological polar surface area (TPSA) is 63.3 Å². The van der Waals surface area contributed by atoms with Crippen LogP contribution >= 0.6 is 24.0 Å². The van der Waals surface area contributed by atoms with Crippen LogP contribution in [0.1, 0.15) is 25.3 Å². The molecule has 1 unspecified atom stereocenters. The second-order valence-corrected chi connectivity index (χ2v) is 7.32. The van der Waals surface area contributed by atoms with E-state index in [9.17, 15) is 0 Å². The fourth-order valence-electron chi connectivity index (χ4n) is 3.52. The minimum Gasteiger partial charge on any atom is -0.492 e. The van der Waals surface area contributed by atoms with Gasteiger partial charge in [-0.3, -0.25) is 4.90 Å². The maximum Gasteiger partial charge on any atom is 0.191 e. The van der Waals surface area contributed by atoms with Gasteiger partial charge in [0.15, 0.2) is 5.96 Å². The van der Waals surface area contributed by atoms with Gasteiger partial charge in [-0.25, -0.2) is 4.99 Å². The molecule has 0 spiro atoms. The second-order valence-electron chi connectivity index (χ2n) is 7.32. The van der Waals surface area contributed by atoms with Gasteiger partial charge in [-0.15, -0.1) is 24.0 Å². The molecule has 0 radical (unpaired) electrons. The molecule has 6 nitrogen and oxygen atoms in total. The summed E-state index contributed by atoms with van der Waals surface area (Å²) >= 11 is 0. The maximum atomic E-state index is 6.19. The van der Waals surface area contributed by atoms with E-state index < -0.39 is 0 Å². The van der Waals surface area contributed by atoms with Crippen molar-refractivity contribution < 1.29 is 9.47 Å². The van der Waals surface area contributed by atoms with Gasteiger partial charge in [0.25, 0.3) is 0 Å². The maximum absolute atomic E-state index is 6.19. The molecular formula is C20H33IN4O2. The van der Waals surface area contributed by atoms with Crippen molar-refractivity contribution in [1.29, 1.82) is 0 Å². The Morgan fingerprint density at radius 3 is 2.89 bits per heavy atom. The summed E-state index contributed by atoms with van der Waals surface area (Å²) in [6, 6.07) is 8.16. The molecule has 2 saturated heterocycles. The summed E-state index contributed by atoms with van der Waals surface area (Å²) in [6.07, 6.45) is 2.48. The van der Waals surface area contributed by atoms with Crippen LogP contribution in [0, 0.1) is 5.92 Å². The molecule has 152 valence electrons. The lowest BCUT2D eigenvalue weighted by Gasteiger charge is -2.31. The zero-order chi connectivity index (χ0) is 18.2. The van der Waals surface area contributed by atoms with E-state index in [2.05, 4.69) is 33.8 Å². The van der Waals surface area contributed by atoms with Crippen LogP contribution in [-0.4, -0.2) is 68.3 Å². The number of hydrogen-bond acceptors (Lipinski definition) is 4. The van der Waals surface area contributed by atoms with E-state index in [1.165, 1.54) is 12.8 Å². The molecule has 1 aromatic carbocycles. The molecule has 7 heteroatoms. The second kappa shape index (κ2) is 11.7. The Balaban J connectivity index is 0.00000261. The third kappa shape index (κ3) is 7.46. The molecule has 2 aliphatic heterocycles. The first-order valence-corrected chi connectivity index (χ1v) is 9.77. The lowest BCUT2D eigenvalue weighted by molar-refractivity contribution is 0.0322. The molecule has 0 amide bonds. The molecule has 2 fully saturated rings. The largest absolute Gasteiger partial charge is 0.492 e. The number of benzene rings is 1. The van der Waals surface area contributed by atoms with Gasteiger partial charge in [0.1, 0.15) is 12.4 Å². The number of likely N-dealkylation sites (tertiary alicyclic amines) is 1. The van der Waals surface area contributed by atoms with E-state index in [1.807, 2.05) is 12.1 Å². The highest BCUT2D eigenvalue weighted by Crippen LogP contribution is 2.16. The van der Waals surface area contributed by atoms with E-state index in [0.29, 0.717) is 25.0 Å². The summed E-state index contributed by atoms with van der Waals surface area (Å²) in [6.45, 7) is 10.2. The summed E-state index contributed by atoms with van der Waals surface area (Å²) in [4.78, 5) is 9.17.